The minimum absolute atomic E-state index is 0.808. The second-order valence-corrected chi connectivity index (χ2v) is 5.73. The van der Waals surface area contributed by atoms with Gasteiger partial charge in [0.1, 0.15) is 6.29 Å². The minimum Gasteiger partial charge on any atom is -0.372 e. The summed E-state index contributed by atoms with van der Waals surface area (Å²) in [5.41, 5.74) is 3.17. The number of nitrogens with zero attached hydrogens (tertiary/aromatic N) is 1. The maximum atomic E-state index is 10.9. The Morgan fingerprint density at radius 1 is 1.32 bits per heavy atom. The van der Waals surface area contributed by atoms with E-state index in [2.05, 4.69) is 24.0 Å². The Hall–Kier alpha value is -1.31. The summed E-state index contributed by atoms with van der Waals surface area (Å²) in [6.07, 6.45) is 7.59. The molecule has 1 fully saturated rings. The Bertz CT molecular complexity index is 427. The maximum Gasteiger partial charge on any atom is 0.150 e. The van der Waals surface area contributed by atoms with Crippen molar-refractivity contribution in [2.24, 2.45) is 5.92 Å². The van der Waals surface area contributed by atoms with Crippen molar-refractivity contribution in [3.8, 4) is 0 Å². The molecule has 1 aliphatic heterocycles. The number of benzene rings is 1. The molecule has 1 unspecified atom stereocenters. The third-order valence-electron chi connectivity index (χ3n) is 4.29. The van der Waals surface area contributed by atoms with Crippen LogP contribution in [0.1, 0.15) is 54.9 Å². The van der Waals surface area contributed by atoms with Gasteiger partial charge in [0.25, 0.3) is 0 Å². The summed E-state index contributed by atoms with van der Waals surface area (Å²) < 4.78 is 0. The van der Waals surface area contributed by atoms with E-state index in [0.29, 0.717) is 0 Å². The lowest BCUT2D eigenvalue weighted by atomic mass is 9.96. The Labute approximate surface area is 116 Å². The Kier molecular flexibility index (Phi) is 5.00. The first-order chi connectivity index (χ1) is 9.24. The molecule has 0 radical (unpaired) electrons. The van der Waals surface area contributed by atoms with Gasteiger partial charge in [-0.2, -0.15) is 0 Å². The highest BCUT2D eigenvalue weighted by molar-refractivity contribution is 5.78. The van der Waals surface area contributed by atoms with Crippen LogP contribution in [-0.4, -0.2) is 19.4 Å². The summed E-state index contributed by atoms with van der Waals surface area (Å²) in [6, 6.07) is 6.20. The van der Waals surface area contributed by atoms with Gasteiger partial charge in [0, 0.05) is 24.3 Å². The lowest BCUT2D eigenvalue weighted by molar-refractivity contribution is 0.112. The molecule has 1 saturated heterocycles. The molecule has 0 bridgehead atoms. The van der Waals surface area contributed by atoms with Crippen LogP contribution < -0.4 is 4.90 Å². The SMILES string of the molecule is CCCC1CCCN(c2ccc(C=O)c(C)c2)CC1. The molecular formula is C17H25NO. The highest BCUT2D eigenvalue weighted by atomic mass is 16.1. The van der Waals surface area contributed by atoms with Crippen LogP contribution in [0.25, 0.3) is 0 Å². The number of carbonyl (C=O) groups excluding carboxylic acids is 1. The van der Waals surface area contributed by atoms with Crippen molar-refractivity contribution in [2.75, 3.05) is 18.0 Å². The van der Waals surface area contributed by atoms with Crippen molar-refractivity contribution in [3.05, 3.63) is 29.3 Å². The molecule has 0 aliphatic carbocycles. The fraction of sp³-hybridized carbons (Fsp3) is 0.588. The number of carbonyl (C=O) groups is 1. The Morgan fingerprint density at radius 3 is 2.84 bits per heavy atom. The second-order valence-electron chi connectivity index (χ2n) is 5.73. The molecule has 0 saturated carbocycles. The predicted molar refractivity (Wildman–Crippen MR) is 81.0 cm³/mol. The predicted octanol–water partition coefficient (Wildman–Crippen LogP) is 4.21. The average Bonchev–Trinajstić information content (AvgIpc) is 2.65. The quantitative estimate of drug-likeness (QED) is 0.755. The monoisotopic (exact) mass is 259 g/mol. The zero-order valence-electron chi connectivity index (χ0n) is 12.2. The Morgan fingerprint density at radius 2 is 2.16 bits per heavy atom. The van der Waals surface area contributed by atoms with Crippen LogP contribution in [0.5, 0.6) is 0 Å². The molecule has 0 amide bonds. The molecule has 0 aromatic heterocycles. The molecule has 1 aromatic carbocycles. The van der Waals surface area contributed by atoms with Crippen molar-refractivity contribution in [1.29, 1.82) is 0 Å². The van der Waals surface area contributed by atoms with Crippen molar-refractivity contribution >= 4 is 12.0 Å². The van der Waals surface area contributed by atoms with E-state index in [4.69, 9.17) is 0 Å². The summed E-state index contributed by atoms with van der Waals surface area (Å²) in [5.74, 6) is 0.908. The third kappa shape index (κ3) is 3.59. The van der Waals surface area contributed by atoms with Crippen LogP contribution in [0.3, 0.4) is 0 Å². The molecule has 104 valence electrons. The first kappa shape index (κ1) is 14.1. The average molecular weight is 259 g/mol. The van der Waals surface area contributed by atoms with Gasteiger partial charge in [-0.25, -0.2) is 0 Å². The maximum absolute atomic E-state index is 10.9. The van der Waals surface area contributed by atoms with Crippen LogP contribution in [0, 0.1) is 12.8 Å². The van der Waals surface area contributed by atoms with Crippen LogP contribution in [-0.2, 0) is 0 Å². The van der Waals surface area contributed by atoms with Crippen LogP contribution in [0.4, 0.5) is 5.69 Å². The molecule has 2 heteroatoms. The van der Waals surface area contributed by atoms with Crippen molar-refractivity contribution in [3.63, 3.8) is 0 Å². The third-order valence-corrected chi connectivity index (χ3v) is 4.29. The summed E-state index contributed by atoms with van der Waals surface area (Å²) in [7, 11) is 0. The molecule has 0 N–H and O–H groups in total. The highest BCUT2D eigenvalue weighted by Crippen LogP contribution is 2.26. The molecule has 1 atom stereocenters. The van der Waals surface area contributed by atoms with Gasteiger partial charge in [-0.05, 0) is 55.9 Å². The van der Waals surface area contributed by atoms with E-state index in [-0.39, 0.29) is 0 Å². The lowest BCUT2D eigenvalue weighted by Crippen LogP contribution is -2.24. The van der Waals surface area contributed by atoms with E-state index in [1.807, 2.05) is 13.0 Å². The minimum atomic E-state index is 0.808. The highest BCUT2D eigenvalue weighted by Gasteiger charge is 2.17. The van der Waals surface area contributed by atoms with Gasteiger partial charge >= 0.3 is 0 Å². The fourth-order valence-electron chi connectivity index (χ4n) is 3.11. The first-order valence-corrected chi connectivity index (χ1v) is 7.55. The van der Waals surface area contributed by atoms with Crippen LogP contribution >= 0.6 is 0 Å². The molecule has 19 heavy (non-hydrogen) atoms. The van der Waals surface area contributed by atoms with Gasteiger partial charge in [0.15, 0.2) is 0 Å². The first-order valence-electron chi connectivity index (χ1n) is 7.55. The fourth-order valence-corrected chi connectivity index (χ4v) is 3.11. The van der Waals surface area contributed by atoms with E-state index >= 15 is 0 Å². The number of hydrogen-bond acceptors (Lipinski definition) is 2. The van der Waals surface area contributed by atoms with Gasteiger partial charge in [0.05, 0.1) is 0 Å². The van der Waals surface area contributed by atoms with Crippen LogP contribution in [0.15, 0.2) is 18.2 Å². The van der Waals surface area contributed by atoms with Gasteiger partial charge in [0.2, 0.25) is 0 Å². The zero-order valence-corrected chi connectivity index (χ0v) is 12.2. The molecular weight excluding hydrogens is 234 g/mol. The molecule has 2 rings (SSSR count). The summed E-state index contributed by atoms with van der Waals surface area (Å²) in [4.78, 5) is 13.4. The standard InChI is InChI=1S/C17H25NO/c1-3-5-15-6-4-10-18(11-9-15)17-8-7-16(13-19)14(2)12-17/h7-8,12-13,15H,3-6,9-11H2,1-2H3. The zero-order chi connectivity index (χ0) is 13.7. The molecule has 2 nitrogen and oxygen atoms in total. The van der Waals surface area contributed by atoms with E-state index in [1.54, 1.807) is 0 Å². The van der Waals surface area contributed by atoms with Crippen molar-refractivity contribution in [2.45, 2.75) is 46.0 Å². The van der Waals surface area contributed by atoms with Gasteiger partial charge in [-0.3, -0.25) is 4.79 Å². The lowest BCUT2D eigenvalue weighted by Gasteiger charge is -2.23. The molecule has 1 aliphatic rings. The number of aryl methyl sites for hydroxylation is 1. The van der Waals surface area contributed by atoms with Crippen molar-refractivity contribution < 1.29 is 4.79 Å². The largest absolute Gasteiger partial charge is 0.372 e. The number of hydrogen-bond donors (Lipinski definition) is 0. The molecule has 1 aromatic rings. The summed E-state index contributed by atoms with van der Waals surface area (Å²) in [6.45, 7) is 6.61. The molecule has 1 heterocycles. The van der Waals surface area contributed by atoms with Gasteiger partial charge in [-0.1, -0.05) is 19.8 Å². The second kappa shape index (κ2) is 6.74. The van der Waals surface area contributed by atoms with Crippen molar-refractivity contribution in [1.82, 2.24) is 0 Å². The normalized spacial score (nSPS) is 20.1. The number of rotatable bonds is 4. The number of aldehydes is 1. The van der Waals surface area contributed by atoms with Gasteiger partial charge in [-0.15, -0.1) is 0 Å². The number of anilines is 1. The van der Waals surface area contributed by atoms with Gasteiger partial charge < -0.3 is 4.90 Å². The summed E-state index contributed by atoms with van der Waals surface area (Å²) in [5, 5.41) is 0. The summed E-state index contributed by atoms with van der Waals surface area (Å²) >= 11 is 0. The van der Waals surface area contributed by atoms with E-state index in [0.717, 1.165) is 36.4 Å². The molecule has 0 spiro atoms. The topological polar surface area (TPSA) is 20.3 Å². The van der Waals surface area contributed by atoms with E-state index in [9.17, 15) is 4.79 Å². The Balaban J connectivity index is 2.05. The van der Waals surface area contributed by atoms with Crippen LogP contribution in [0.2, 0.25) is 0 Å². The van der Waals surface area contributed by atoms with E-state index < -0.39 is 0 Å². The van der Waals surface area contributed by atoms with E-state index in [1.165, 1.54) is 37.8 Å². The smallest absolute Gasteiger partial charge is 0.150 e.